The van der Waals surface area contributed by atoms with Crippen molar-refractivity contribution in [1.82, 2.24) is 4.57 Å². The van der Waals surface area contributed by atoms with Crippen molar-refractivity contribution in [3.05, 3.63) is 65.9 Å². The zero-order chi connectivity index (χ0) is 20.1. The van der Waals surface area contributed by atoms with Gasteiger partial charge in [0.05, 0.1) is 19.2 Å². The van der Waals surface area contributed by atoms with Crippen LogP contribution in [0.15, 0.2) is 54.7 Å². The van der Waals surface area contributed by atoms with Gasteiger partial charge >= 0.3 is 7.60 Å². The minimum Gasteiger partial charge on any atom is -0.494 e. The molecule has 2 aromatic carbocycles. The number of rotatable bonds is 9. The number of aromatic nitrogens is 1. The molecular formula is C20H23N2O5P. The summed E-state index contributed by atoms with van der Waals surface area (Å²) in [6, 6.07) is 15.6. The number of carbonyl (C=O) groups is 1. The van der Waals surface area contributed by atoms with Gasteiger partial charge in [-0.2, -0.15) is 0 Å². The van der Waals surface area contributed by atoms with Crippen LogP contribution in [0.5, 0.6) is 5.75 Å². The van der Waals surface area contributed by atoms with Gasteiger partial charge in [0, 0.05) is 23.6 Å². The molecule has 7 nitrogen and oxygen atoms in total. The molecule has 148 valence electrons. The second-order valence-electron chi connectivity index (χ2n) is 6.68. The summed E-state index contributed by atoms with van der Waals surface area (Å²) in [4.78, 5) is 29.3. The van der Waals surface area contributed by atoms with Crippen molar-refractivity contribution in [2.75, 3.05) is 12.8 Å². The Hall–Kier alpha value is -2.60. The van der Waals surface area contributed by atoms with Crippen LogP contribution in [0.3, 0.4) is 0 Å². The number of ether oxygens (including phenoxy) is 1. The Labute approximate surface area is 162 Å². The van der Waals surface area contributed by atoms with Crippen LogP contribution in [0.4, 0.5) is 0 Å². The molecule has 0 bridgehead atoms. The largest absolute Gasteiger partial charge is 0.494 e. The molecule has 0 radical (unpaired) electrons. The van der Waals surface area contributed by atoms with Gasteiger partial charge in [-0.05, 0) is 35.7 Å². The normalized spacial score (nSPS) is 11.6. The first-order valence-corrected chi connectivity index (χ1v) is 10.7. The van der Waals surface area contributed by atoms with E-state index in [2.05, 4.69) is 4.57 Å². The van der Waals surface area contributed by atoms with E-state index in [9.17, 15) is 9.36 Å². The summed E-state index contributed by atoms with van der Waals surface area (Å²) < 4.78 is 18.6. The number of hydrogen-bond donors (Lipinski definition) is 3. The third-order valence-electron chi connectivity index (χ3n) is 4.36. The third kappa shape index (κ3) is 5.45. The molecule has 8 heteroatoms. The fourth-order valence-electron chi connectivity index (χ4n) is 3.14. The van der Waals surface area contributed by atoms with Crippen molar-refractivity contribution in [2.24, 2.45) is 5.73 Å². The number of carbonyl (C=O) groups excluding carboxylic acids is 1. The summed E-state index contributed by atoms with van der Waals surface area (Å²) >= 11 is 0. The highest BCUT2D eigenvalue weighted by Crippen LogP contribution is 2.35. The fourth-order valence-corrected chi connectivity index (χ4v) is 3.68. The van der Waals surface area contributed by atoms with E-state index >= 15 is 0 Å². The number of primary amides is 1. The van der Waals surface area contributed by atoms with E-state index in [0.29, 0.717) is 12.3 Å². The van der Waals surface area contributed by atoms with Gasteiger partial charge in [0.2, 0.25) is 5.91 Å². The Kier molecular flexibility index (Phi) is 6.19. The molecule has 28 heavy (non-hydrogen) atoms. The van der Waals surface area contributed by atoms with Crippen molar-refractivity contribution in [1.29, 1.82) is 0 Å². The molecule has 0 aliphatic carbocycles. The lowest BCUT2D eigenvalue weighted by Gasteiger charge is -2.09. The van der Waals surface area contributed by atoms with E-state index < -0.39 is 13.5 Å². The van der Waals surface area contributed by atoms with Crippen LogP contribution in [-0.2, 0) is 22.3 Å². The molecule has 0 spiro atoms. The first-order chi connectivity index (χ1) is 13.3. The summed E-state index contributed by atoms with van der Waals surface area (Å²) in [6.07, 6.45) is 2.10. The minimum atomic E-state index is -4.01. The van der Waals surface area contributed by atoms with Crippen molar-refractivity contribution >= 4 is 24.4 Å². The SMILES string of the molecule is NC(=O)Cc1cn(Cc2ccccc2)c2ccc(OCCCP(=O)(O)O)cc12. The number of nitrogens with two attached hydrogens (primary N) is 1. The number of amides is 1. The molecule has 1 heterocycles. The topological polar surface area (TPSA) is 115 Å². The molecule has 0 saturated carbocycles. The molecule has 1 aromatic heterocycles. The molecule has 0 aliphatic rings. The van der Waals surface area contributed by atoms with Crippen LogP contribution >= 0.6 is 7.60 Å². The van der Waals surface area contributed by atoms with E-state index in [1.165, 1.54) is 0 Å². The lowest BCUT2D eigenvalue weighted by molar-refractivity contribution is -0.117. The van der Waals surface area contributed by atoms with Gasteiger partial charge in [0.1, 0.15) is 5.75 Å². The maximum atomic E-state index is 11.5. The molecule has 0 unspecified atom stereocenters. The zero-order valence-electron chi connectivity index (χ0n) is 15.3. The average molecular weight is 402 g/mol. The fraction of sp³-hybridized carbons (Fsp3) is 0.250. The molecule has 1 amide bonds. The van der Waals surface area contributed by atoms with E-state index in [1.54, 1.807) is 0 Å². The summed E-state index contributed by atoms with van der Waals surface area (Å²) in [6.45, 7) is 0.866. The molecule has 0 aliphatic heterocycles. The lowest BCUT2D eigenvalue weighted by atomic mass is 10.1. The van der Waals surface area contributed by atoms with E-state index in [4.69, 9.17) is 20.3 Å². The Morgan fingerprint density at radius 3 is 2.57 bits per heavy atom. The Bertz CT molecular complexity index is 1010. The molecule has 3 aromatic rings. The van der Waals surface area contributed by atoms with Crippen LogP contribution in [-0.4, -0.2) is 33.0 Å². The maximum Gasteiger partial charge on any atom is 0.325 e. The van der Waals surface area contributed by atoms with Crippen molar-refractivity contribution in [3.63, 3.8) is 0 Å². The number of nitrogens with zero attached hydrogens (tertiary/aromatic N) is 1. The predicted octanol–water partition coefficient (Wildman–Crippen LogP) is 2.66. The van der Waals surface area contributed by atoms with Crippen LogP contribution in [0.25, 0.3) is 10.9 Å². The Morgan fingerprint density at radius 2 is 1.89 bits per heavy atom. The molecule has 0 fully saturated rings. The van der Waals surface area contributed by atoms with Gasteiger partial charge < -0.3 is 24.8 Å². The van der Waals surface area contributed by atoms with E-state index in [0.717, 1.165) is 22.0 Å². The monoisotopic (exact) mass is 402 g/mol. The van der Waals surface area contributed by atoms with Gasteiger partial charge in [-0.3, -0.25) is 9.36 Å². The van der Waals surface area contributed by atoms with Crippen molar-refractivity contribution < 1.29 is 23.9 Å². The van der Waals surface area contributed by atoms with Gasteiger partial charge in [-0.1, -0.05) is 30.3 Å². The Balaban J connectivity index is 1.83. The quantitative estimate of drug-likeness (QED) is 0.376. The van der Waals surface area contributed by atoms with Crippen molar-refractivity contribution in [3.8, 4) is 5.75 Å². The van der Waals surface area contributed by atoms with E-state index in [-0.39, 0.29) is 25.6 Å². The zero-order valence-corrected chi connectivity index (χ0v) is 16.2. The third-order valence-corrected chi connectivity index (χ3v) is 5.26. The minimum absolute atomic E-state index is 0.125. The highest BCUT2D eigenvalue weighted by atomic mass is 31.2. The van der Waals surface area contributed by atoms with Crippen molar-refractivity contribution in [2.45, 2.75) is 19.4 Å². The first kappa shape index (κ1) is 20.1. The molecule has 0 saturated heterocycles. The first-order valence-electron chi connectivity index (χ1n) is 8.93. The standard InChI is InChI=1S/C20H23N2O5P/c21-20(23)11-16-14-22(13-15-5-2-1-3-6-15)19-8-7-17(12-18(16)19)27-9-4-10-28(24,25)26/h1-3,5-8,12,14H,4,9-11,13H2,(H2,21,23)(H2,24,25,26). The Morgan fingerprint density at radius 1 is 1.14 bits per heavy atom. The number of benzene rings is 2. The second-order valence-corrected chi connectivity index (χ2v) is 8.46. The summed E-state index contributed by atoms with van der Waals surface area (Å²) in [5.74, 6) is 0.174. The second kappa shape index (κ2) is 8.61. The van der Waals surface area contributed by atoms with Gasteiger partial charge in [0.25, 0.3) is 0 Å². The lowest BCUT2D eigenvalue weighted by Crippen LogP contribution is -2.13. The summed E-state index contributed by atoms with van der Waals surface area (Å²) in [5.41, 5.74) is 8.32. The number of fused-ring (bicyclic) bond motifs is 1. The van der Waals surface area contributed by atoms with E-state index in [1.807, 2.05) is 54.7 Å². The number of hydrogen-bond acceptors (Lipinski definition) is 3. The molecule has 4 N–H and O–H groups in total. The predicted molar refractivity (Wildman–Crippen MR) is 107 cm³/mol. The van der Waals surface area contributed by atoms with Gasteiger partial charge in [0.15, 0.2) is 0 Å². The summed E-state index contributed by atoms with van der Waals surface area (Å²) in [7, 11) is -4.01. The molecule has 3 rings (SSSR count). The highest BCUT2D eigenvalue weighted by molar-refractivity contribution is 7.51. The van der Waals surface area contributed by atoms with Crippen LogP contribution < -0.4 is 10.5 Å². The maximum absolute atomic E-state index is 11.5. The van der Waals surface area contributed by atoms with Crippen LogP contribution in [0, 0.1) is 0 Å². The highest BCUT2D eigenvalue weighted by Gasteiger charge is 2.14. The average Bonchev–Trinajstić information content (AvgIpc) is 2.95. The molecule has 0 atom stereocenters. The van der Waals surface area contributed by atoms with Crippen LogP contribution in [0.2, 0.25) is 0 Å². The van der Waals surface area contributed by atoms with Gasteiger partial charge in [-0.25, -0.2) is 0 Å². The smallest absolute Gasteiger partial charge is 0.325 e. The molecular weight excluding hydrogens is 379 g/mol. The van der Waals surface area contributed by atoms with Gasteiger partial charge in [-0.15, -0.1) is 0 Å². The van der Waals surface area contributed by atoms with Crippen LogP contribution in [0.1, 0.15) is 17.5 Å². The summed E-state index contributed by atoms with van der Waals surface area (Å²) in [5, 5.41) is 0.877.